The van der Waals surface area contributed by atoms with E-state index in [-0.39, 0.29) is 17.4 Å². The quantitative estimate of drug-likeness (QED) is 0.612. The molecule has 33 heavy (non-hydrogen) atoms. The standard InChI is InChI=1S/C27H32N4O2/c1-20-13-16-29(17-14-20)26(32)22-10-7-15-30(19-22)25-27(33)31(18-21-8-3-2-4-9-21)24-12-6-5-11-23(24)28-25/h2-6,8-9,11-12,20,22H,7,10,13-19H2,1H3. The number of carbonyl (C=O) groups excluding carboxylic acids is 1. The third-order valence-corrected chi connectivity index (χ3v) is 7.18. The van der Waals surface area contributed by atoms with E-state index in [0.29, 0.717) is 24.8 Å². The predicted molar refractivity (Wildman–Crippen MR) is 131 cm³/mol. The van der Waals surface area contributed by atoms with Crippen LogP contribution in [0.3, 0.4) is 0 Å². The number of likely N-dealkylation sites (tertiary alicyclic amines) is 1. The zero-order valence-corrected chi connectivity index (χ0v) is 19.3. The first-order valence-electron chi connectivity index (χ1n) is 12.2. The van der Waals surface area contributed by atoms with Crippen LogP contribution in [0, 0.1) is 11.8 Å². The van der Waals surface area contributed by atoms with Gasteiger partial charge in [-0.3, -0.25) is 14.2 Å². The fraction of sp³-hybridized carbons (Fsp3) is 0.444. The first-order chi connectivity index (χ1) is 16.1. The predicted octanol–water partition coefficient (Wildman–Crippen LogP) is 3.92. The van der Waals surface area contributed by atoms with Gasteiger partial charge in [0.05, 0.1) is 23.5 Å². The molecule has 1 amide bonds. The summed E-state index contributed by atoms with van der Waals surface area (Å²) in [6.07, 6.45) is 3.94. The Bertz CT molecular complexity index is 1180. The number of carbonyl (C=O) groups is 1. The van der Waals surface area contributed by atoms with Crippen LogP contribution in [0.15, 0.2) is 59.4 Å². The third-order valence-electron chi connectivity index (χ3n) is 7.18. The van der Waals surface area contributed by atoms with Gasteiger partial charge in [-0.2, -0.15) is 0 Å². The Labute approximate surface area is 194 Å². The molecule has 6 nitrogen and oxygen atoms in total. The second-order valence-electron chi connectivity index (χ2n) is 9.59. The number of rotatable bonds is 4. The summed E-state index contributed by atoms with van der Waals surface area (Å²) in [6, 6.07) is 17.9. The molecule has 0 bridgehead atoms. The average Bonchev–Trinajstić information content (AvgIpc) is 2.86. The van der Waals surface area contributed by atoms with Crippen molar-refractivity contribution < 1.29 is 4.79 Å². The SMILES string of the molecule is CC1CCN(C(=O)C2CCCN(c3nc4ccccc4n(Cc4ccccc4)c3=O)C2)CC1. The van der Waals surface area contributed by atoms with Crippen LogP contribution in [0.2, 0.25) is 0 Å². The van der Waals surface area contributed by atoms with Crippen molar-refractivity contribution in [2.24, 2.45) is 11.8 Å². The molecule has 1 unspecified atom stereocenters. The van der Waals surface area contributed by atoms with Gasteiger partial charge in [0.15, 0.2) is 5.82 Å². The van der Waals surface area contributed by atoms with Crippen molar-refractivity contribution in [3.05, 3.63) is 70.5 Å². The number of nitrogens with zero attached hydrogens (tertiary/aromatic N) is 4. The third kappa shape index (κ3) is 4.52. The highest BCUT2D eigenvalue weighted by molar-refractivity contribution is 5.80. The maximum atomic E-state index is 13.7. The minimum absolute atomic E-state index is 0.0672. The number of piperidine rings is 2. The Morgan fingerprint density at radius 1 is 0.970 bits per heavy atom. The summed E-state index contributed by atoms with van der Waals surface area (Å²) in [7, 11) is 0. The van der Waals surface area contributed by atoms with E-state index in [1.807, 2.05) is 64.1 Å². The van der Waals surface area contributed by atoms with E-state index in [1.54, 1.807) is 0 Å². The number of benzene rings is 2. The van der Waals surface area contributed by atoms with Gasteiger partial charge in [-0.1, -0.05) is 49.4 Å². The highest BCUT2D eigenvalue weighted by Gasteiger charge is 2.32. The fourth-order valence-electron chi connectivity index (χ4n) is 5.17. The van der Waals surface area contributed by atoms with E-state index in [4.69, 9.17) is 4.98 Å². The molecule has 6 heteroatoms. The van der Waals surface area contributed by atoms with Crippen LogP contribution in [-0.4, -0.2) is 46.5 Å². The van der Waals surface area contributed by atoms with Crippen LogP contribution in [-0.2, 0) is 11.3 Å². The van der Waals surface area contributed by atoms with Crippen molar-refractivity contribution >= 4 is 22.8 Å². The molecule has 172 valence electrons. The van der Waals surface area contributed by atoms with Crippen LogP contribution in [0.25, 0.3) is 11.0 Å². The molecule has 2 aromatic carbocycles. The van der Waals surface area contributed by atoms with Gasteiger partial charge >= 0.3 is 0 Å². The minimum atomic E-state index is -0.0857. The first kappa shape index (κ1) is 21.7. The highest BCUT2D eigenvalue weighted by atomic mass is 16.2. The van der Waals surface area contributed by atoms with Crippen LogP contribution >= 0.6 is 0 Å². The van der Waals surface area contributed by atoms with Crippen LogP contribution in [0.1, 0.15) is 38.2 Å². The number of hydrogen-bond donors (Lipinski definition) is 0. The Hall–Kier alpha value is -3.15. The molecule has 0 N–H and O–H groups in total. The summed E-state index contributed by atoms with van der Waals surface area (Å²) < 4.78 is 1.82. The van der Waals surface area contributed by atoms with Gasteiger partial charge in [0.2, 0.25) is 5.91 Å². The molecule has 0 spiro atoms. The molecule has 2 fully saturated rings. The molecule has 2 aliphatic heterocycles. The molecule has 2 saturated heterocycles. The van der Waals surface area contributed by atoms with Crippen LogP contribution < -0.4 is 10.5 Å². The lowest BCUT2D eigenvalue weighted by Gasteiger charge is -2.37. The summed E-state index contributed by atoms with van der Waals surface area (Å²) in [5.74, 6) is 1.34. The molecule has 0 aliphatic carbocycles. The van der Waals surface area contributed by atoms with E-state index in [2.05, 4.69) is 11.8 Å². The molecule has 0 saturated carbocycles. The molecular formula is C27H32N4O2. The average molecular weight is 445 g/mol. The van der Waals surface area contributed by atoms with Gasteiger partial charge in [-0.25, -0.2) is 4.98 Å². The smallest absolute Gasteiger partial charge is 0.294 e. The monoisotopic (exact) mass is 444 g/mol. The Kier molecular flexibility index (Phi) is 6.16. The minimum Gasteiger partial charge on any atom is -0.351 e. The van der Waals surface area contributed by atoms with E-state index in [0.717, 1.165) is 61.9 Å². The van der Waals surface area contributed by atoms with Gasteiger partial charge in [0.25, 0.3) is 5.56 Å². The molecule has 0 radical (unpaired) electrons. The van der Waals surface area contributed by atoms with Gasteiger partial charge in [0.1, 0.15) is 0 Å². The van der Waals surface area contributed by atoms with Crippen LogP contribution in [0.4, 0.5) is 5.82 Å². The summed E-state index contributed by atoms with van der Waals surface area (Å²) in [5.41, 5.74) is 2.63. The Morgan fingerprint density at radius 2 is 1.70 bits per heavy atom. The van der Waals surface area contributed by atoms with Crippen molar-refractivity contribution in [1.82, 2.24) is 14.5 Å². The van der Waals surface area contributed by atoms with Crippen molar-refractivity contribution in [3.8, 4) is 0 Å². The van der Waals surface area contributed by atoms with E-state index in [9.17, 15) is 9.59 Å². The second kappa shape index (κ2) is 9.38. The van der Waals surface area contributed by atoms with E-state index in [1.165, 1.54) is 0 Å². The lowest BCUT2D eigenvalue weighted by Crippen LogP contribution is -2.48. The first-order valence-corrected chi connectivity index (χ1v) is 12.2. The Morgan fingerprint density at radius 3 is 2.48 bits per heavy atom. The number of amides is 1. The van der Waals surface area contributed by atoms with Crippen molar-refractivity contribution in [1.29, 1.82) is 0 Å². The topological polar surface area (TPSA) is 58.4 Å². The molecule has 3 aromatic rings. The van der Waals surface area contributed by atoms with Gasteiger partial charge in [0, 0.05) is 26.2 Å². The fourth-order valence-corrected chi connectivity index (χ4v) is 5.17. The number of aromatic nitrogens is 2. The molecule has 3 heterocycles. The Balaban J connectivity index is 1.45. The van der Waals surface area contributed by atoms with Crippen molar-refractivity contribution in [3.63, 3.8) is 0 Å². The van der Waals surface area contributed by atoms with Gasteiger partial charge in [-0.15, -0.1) is 0 Å². The number of hydrogen-bond acceptors (Lipinski definition) is 4. The largest absolute Gasteiger partial charge is 0.351 e. The number of fused-ring (bicyclic) bond motifs is 1. The second-order valence-corrected chi connectivity index (χ2v) is 9.59. The zero-order chi connectivity index (χ0) is 22.8. The van der Waals surface area contributed by atoms with E-state index >= 15 is 0 Å². The van der Waals surface area contributed by atoms with Crippen molar-refractivity contribution in [2.45, 2.75) is 39.2 Å². The summed E-state index contributed by atoms with van der Waals surface area (Å²) in [4.78, 5) is 35.8. The van der Waals surface area contributed by atoms with Crippen molar-refractivity contribution in [2.75, 3.05) is 31.1 Å². The number of anilines is 1. The lowest BCUT2D eigenvalue weighted by molar-refractivity contribution is -0.137. The summed E-state index contributed by atoms with van der Waals surface area (Å²) in [6.45, 7) is 5.79. The summed E-state index contributed by atoms with van der Waals surface area (Å²) >= 11 is 0. The van der Waals surface area contributed by atoms with Gasteiger partial charge < -0.3 is 9.80 Å². The molecule has 1 atom stereocenters. The molecular weight excluding hydrogens is 412 g/mol. The molecule has 1 aromatic heterocycles. The molecule has 5 rings (SSSR count). The van der Waals surface area contributed by atoms with Gasteiger partial charge in [-0.05, 0) is 49.3 Å². The molecule has 2 aliphatic rings. The normalized spacial score (nSPS) is 19.7. The maximum Gasteiger partial charge on any atom is 0.294 e. The summed E-state index contributed by atoms with van der Waals surface area (Å²) in [5, 5.41) is 0. The van der Waals surface area contributed by atoms with E-state index < -0.39 is 0 Å². The maximum absolute atomic E-state index is 13.7. The zero-order valence-electron chi connectivity index (χ0n) is 19.3. The van der Waals surface area contributed by atoms with Crippen LogP contribution in [0.5, 0.6) is 0 Å². The lowest BCUT2D eigenvalue weighted by atomic mass is 9.93. The number of para-hydroxylation sites is 2. The highest BCUT2D eigenvalue weighted by Crippen LogP contribution is 2.25.